The number of benzene rings is 1. The fourth-order valence-corrected chi connectivity index (χ4v) is 4.79. The maximum Gasteiger partial charge on any atom is 0.209 e. The van der Waals surface area contributed by atoms with Crippen LogP contribution in [0.15, 0.2) is 18.2 Å². The number of anilines is 1. The Bertz CT molecular complexity index is 571. The van der Waals surface area contributed by atoms with Crippen LogP contribution in [0.25, 0.3) is 0 Å². The number of hydrogen-bond acceptors (Lipinski definition) is 2. The molecule has 3 nitrogen and oxygen atoms in total. The van der Waals surface area contributed by atoms with Crippen LogP contribution in [-0.4, -0.2) is 37.0 Å². The second kappa shape index (κ2) is 8.93. The molecule has 2 aliphatic rings. The van der Waals surface area contributed by atoms with Crippen LogP contribution in [-0.2, 0) is 4.79 Å². The Morgan fingerprint density at radius 2 is 2.00 bits per heavy atom. The van der Waals surface area contributed by atoms with Gasteiger partial charge in [-0.15, -0.1) is 0 Å². The lowest BCUT2D eigenvalue weighted by Crippen LogP contribution is -2.40. The predicted octanol–water partition coefficient (Wildman–Crippen LogP) is 5.05. The van der Waals surface area contributed by atoms with Gasteiger partial charge in [-0.3, -0.25) is 4.79 Å². The minimum absolute atomic E-state index is 0.490. The minimum atomic E-state index is 0.490. The van der Waals surface area contributed by atoms with E-state index in [9.17, 15) is 4.79 Å². The summed E-state index contributed by atoms with van der Waals surface area (Å²) < 4.78 is 0. The molecule has 0 spiro atoms. The molecule has 25 heavy (non-hydrogen) atoms. The van der Waals surface area contributed by atoms with Crippen LogP contribution in [0.2, 0.25) is 5.02 Å². The van der Waals surface area contributed by atoms with E-state index < -0.39 is 0 Å². The second-order valence-corrected chi connectivity index (χ2v) is 8.25. The molecule has 2 fully saturated rings. The highest BCUT2D eigenvalue weighted by Crippen LogP contribution is 2.30. The third kappa shape index (κ3) is 4.91. The van der Waals surface area contributed by atoms with Gasteiger partial charge < -0.3 is 9.80 Å². The van der Waals surface area contributed by atoms with Gasteiger partial charge in [0, 0.05) is 36.4 Å². The first-order valence-electron chi connectivity index (χ1n) is 9.89. The normalized spacial score (nSPS) is 22.0. The number of carbonyl (C=O) groups is 1. The fourth-order valence-electron chi connectivity index (χ4n) is 4.56. The van der Waals surface area contributed by atoms with Gasteiger partial charge in [0.1, 0.15) is 0 Å². The highest BCUT2D eigenvalue weighted by molar-refractivity contribution is 6.30. The summed E-state index contributed by atoms with van der Waals surface area (Å²) in [6, 6.07) is 6.69. The van der Waals surface area contributed by atoms with Crippen LogP contribution in [0, 0.1) is 12.8 Å². The third-order valence-corrected chi connectivity index (χ3v) is 6.23. The number of rotatable bonds is 6. The lowest BCUT2D eigenvalue weighted by molar-refractivity contribution is -0.121. The lowest BCUT2D eigenvalue weighted by atomic mass is 9.91. The van der Waals surface area contributed by atoms with Crippen molar-refractivity contribution in [3.05, 3.63) is 28.8 Å². The molecular formula is C21H31ClN2O. The van der Waals surface area contributed by atoms with Gasteiger partial charge in [0.25, 0.3) is 0 Å². The Kier molecular flexibility index (Phi) is 6.63. The van der Waals surface area contributed by atoms with Gasteiger partial charge in [0.05, 0.1) is 0 Å². The number of halogens is 1. The summed E-state index contributed by atoms with van der Waals surface area (Å²) in [4.78, 5) is 16.1. The lowest BCUT2D eigenvalue weighted by Gasteiger charge is -2.37. The molecule has 0 aromatic heterocycles. The summed E-state index contributed by atoms with van der Waals surface area (Å²) in [7, 11) is 0. The Morgan fingerprint density at radius 3 is 2.72 bits per heavy atom. The number of aryl methyl sites for hydroxylation is 1. The number of amides is 1. The number of nitrogens with zero attached hydrogens (tertiary/aromatic N) is 2. The molecule has 1 aromatic carbocycles. The van der Waals surface area contributed by atoms with Crippen LogP contribution in [0.1, 0.15) is 56.9 Å². The molecule has 1 aliphatic carbocycles. The van der Waals surface area contributed by atoms with Gasteiger partial charge in [0.15, 0.2) is 0 Å². The quantitative estimate of drug-likeness (QED) is 0.661. The van der Waals surface area contributed by atoms with Crippen LogP contribution in [0.4, 0.5) is 5.69 Å². The van der Waals surface area contributed by atoms with E-state index in [1.165, 1.54) is 56.2 Å². The van der Waals surface area contributed by atoms with Gasteiger partial charge in [-0.25, -0.2) is 0 Å². The Labute approximate surface area is 157 Å². The third-order valence-electron chi connectivity index (χ3n) is 5.99. The molecule has 1 atom stereocenters. The van der Waals surface area contributed by atoms with E-state index in [-0.39, 0.29) is 0 Å². The minimum Gasteiger partial charge on any atom is -0.371 e. The van der Waals surface area contributed by atoms with Crippen molar-refractivity contribution >= 4 is 23.7 Å². The highest BCUT2D eigenvalue weighted by atomic mass is 35.5. The van der Waals surface area contributed by atoms with Crippen molar-refractivity contribution in [2.24, 2.45) is 5.92 Å². The SMILES string of the molecule is Cc1cc(Cl)ccc1N1CCCC(CCN(C=O)C2CCCCC2)C1. The molecule has 1 saturated carbocycles. The molecule has 1 saturated heterocycles. The molecule has 4 heteroatoms. The van der Waals surface area contributed by atoms with E-state index in [1.807, 2.05) is 6.07 Å². The molecule has 138 valence electrons. The summed E-state index contributed by atoms with van der Waals surface area (Å²) in [5, 5.41) is 0.809. The predicted molar refractivity (Wildman–Crippen MR) is 105 cm³/mol. The molecule has 0 bridgehead atoms. The first-order valence-corrected chi connectivity index (χ1v) is 10.3. The van der Waals surface area contributed by atoms with E-state index in [0.29, 0.717) is 12.0 Å². The molecule has 1 aromatic rings. The molecule has 1 amide bonds. The fraction of sp³-hybridized carbons (Fsp3) is 0.667. The van der Waals surface area contributed by atoms with Crippen molar-refractivity contribution in [1.29, 1.82) is 0 Å². The van der Waals surface area contributed by atoms with Gasteiger partial charge in [-0.05, 0) is 68.7 Å². The monoisotopic (exact) mass is 362 g/mol. The Hall–Kier alpha value is -1.22. The summed E-state index contributed by atoms with van der Waals surface area (Å²) in [5.74, 6) is 0.676. The van der Waals surface area contributed by atoms with Crippen LogP contribution < -0.4 is 4.90 Å². The average Bonchev–Trinajstić information content (AvgIpc) is 2.63. The zero-order valence-electron chi connectivity index (χ0n) is 15.4. The second-order valence-electron chi connectivity index (χ2n) is 7.81. The summed E-state index contributed by atoms with van der Waals surface area (Å²) in [6.07, 6.45) is 11.0. The molecule has 1 heterocycles. The topological polar surface area (TPSA) is 23.6 Å². The maximum atomic E-state index is 11.5. The van der Waals surface area contributed by atoms with Crippen molar-refractivity contribution in [2.75, 3.05) is 24.5 Å². The van der Waals surface area contributed by atoms with Gasteiger partial charge in [-0.2, -0.15) is 0 Å². The molecule has 0 N–H and O–H groups in total. The zero-order valence-corrected chi connectivity index (χ0v) is 16.2. The molecule has 0 radical (unpaired) electrons. The average molecular weight is 363 g/mol. The standard InChI is InChI=1S/C21H31ClN2O/c1-17-14-19(22)9-10-21(17)23-12-5-6-18(15-23)11-13-24(16-25)20-7-3-2-4-8-20/h9-10,14,16,18,20H,2-8,11-13,15H2,1H3. The summed E-state index contributed by atoms with van der Waals surface area (Å²) in [5.41, 5.74) is 2.57. The van der Waals surface area contributed by atoms with Crippen molar-refractivity contribution in [3.63, 3.8) is 0 Å². The van der Waals surface area contributed by atoms with E-state index in [1.54, 1.807) is 0 Å². The molecular weight excluding hydrogens is 332 g/mol. The smallest absolute Gasteiger partial charge is 0.209 e. The van der Waals surface area contributed by atoms with Crippen molar-refractivity contribution in [1.82, 2.24) is 4.90 Å². The van der Waals surface area contributed by atoms with Crippen molar-refractivity contribution < 1.29 is 4.79 Å². The first kappa shape index (κ1) is 18.6. The van der Waals surface area contributed by atoms with Gasteiger partial charge in [0.2, 0.25) is 6.41 Å². The van der Waals surface area contributed by atoms with Crippen molar-refractivity contribution in [3.8, 4) is 0 Å². The Balaban J connectivity index is 1.55. The highest BCUT2D eigenvalue weighted by Gasteiger charge is 2.24. The van der Waals surface area contributed by atoms with E-state index in [4.69, 9.17) is 11.6 Å². The summed E-state index contributed by atoms with van der Waals surface area (Å²) >= 11 is 6.10. The number of carbonyl (C=O) groups excluding carboxylic acids is 1. The maximum absolute atomic E-state index is 11.5. The number of piperidine rings is 1. The molecule has 1 aliphatic heterocycles. The van der Waals surface area contributed by atoms with Crippen molar-refractivity contribution in [2.45, 2.75) is 64.3 Å². The largest absolute Gasteiger partial charge is 0.371 e. The van der Waals surface area contributed by atoms with Crippen LogP contribution in [0.5, 0.6) is 0 Å². The zero-order chi connectivity index (χ0) is 17.6. The van der Waals surface area contributed by atoms with E-state index in [0.717, 1.165) is 37.5 Å². The van der Waals surface area contributed by atoms with Crippen LogP contribution >= 0.6 is 11.6 Å². The first-order chi connectivity index (χ1) is 12.2. The molecule has 1 unspecified atom stereocenters. The van der Waals surface area contributed by atoms with Gasteiger partial charge in [-0.1, -0.05) is 30.9 Å². The van der Waals surface area contributed by atoms with E-state index in [2.05, 4.69) is 28.9 Å². The molecule has 3 rings (SSSR count). The van der Waals surface area contributed by atoms with E-state index >= 15 is 0 Å². The van der Waals surface area contributed by atoms with Gasteiger partial charge >= 0.3 is 0 Å². The summed E-state index contributed by atoms with van der Waals surface area (Å²) in [6.45, 7) is 5.28. The Morgan fingerprint density at radius 1 is 1.20 bits per heavy atom. The van der Waals surface area contributed by atoms with Crippen LogP contribution in [0.3, 0.4) is 0 Å². The number of hydrogen-bond donors (Lipinski definition) is 0.